The van der Waals surface area contributed by atoms with E-state index in [0.717, 1.165) is 66.2 Å². The summed E-state index contributed by atoms with van der Waals surface area (Å²) in [5.41, 5.74) is 2.64. The van der Waals surface area contributed by atoms with Crippen LogP contribution in [0.5, 0.6) is 5.75 Å². The summed E-state index contributed by atoms with van der Waals surface area (Å²) in [5, 5.41) is 8.68. The summed E-state index contributed by atoms with van der Waals surface area (Å²) in [4.78, 5) is 11.3. The number of H-pyrrole nitrogens is 1. The van der Waals surface area contributed by atoms with Crippen LogP contribution in [0.3, 0.4) is 0 Å². The third-order valence-electron chi connectivity index (χ3n) is 5.96. The van der Waals surface area contributed by atoms with Crippen LogP contribution in [0.25, 0.3) is 22.3 Å². The van der Waals surface area contributed by atoms with E-state index in [9.17, 15) is 0 Å². The van der Waals surface area contributed by atoms with Crippen molar-refractivity contribution in [3.05, 3.63) is 30.6 Å². The van der Waals surface area contributed by atoms with Crippen LogP contribution in [0.2, 0.25) is 0 Å². The van der Waals surface area contributed by atoms with Gasteiger partial charge in [-0.05, 0) is 51.3 Å². The van der Waals surface area contributed by atoms with Crippen LogP contribution >= 0.6 is 0 Å². The molecule has 2 atom stereocenters. The number of benzene rings is 1. The Morgan fingerprint density at radius 1 is 1.17 bits per heavy atom. The Hall–Kier alpha value is -2.67. The van der Waals surface area contributed by atoms with E-state index in [2.05, 4.69) is 51.9 Å². The van der Waals surface area contributed by atoms with E-state index < -0.39 is 0 Å². The first-order chi connectivity index (χ1) is 14.0. The number of morpholine rings is 1. The molecule has 3 aromatic rings. The summed E-state index contributed by atoms with van der Waals surface area (Å²) in [7, 11) is 0. The van der Waals surface area contributed by atoms with Crippen LogP contribution in [-0.2, 0) is 4.74 Å². The van der Waals surface area contributed by atoms with E-state index in [1.54, 1.807) is 6.33 Å². The number of ether oxygens (including phenoxy) is 2. The molecule has 0 radical (unpaired) electrons. The number of hydrogen-bond donors (Lipinski definition) is 1. The molecule has 0 unspecified atom stereocenters. The molecule has 1 saturated carbocycles. The summed E-state index contributed by atoms with van der Waals surface area (Å²) in [6.45, 7) is 8.01. The number of nitrogens with one attached hydrogen (secondary N) is 1. The van der Waals surface area contributed by atoms with Crippen molar-refractivity contribution in [2.24, 2.45) is 0 Å². The van der Waals surface area contributed by atoms with Gasteiger partial charge in [0.1, 0.15) is 29.2 Å². The number of anilines is 1. The molecular weight excluding hydrogens is 366 g/mol. The number of aromatic nitrogens is 4. The van der Waals surface area contributed by atoms with Gasteiger partial charge in [0.05, 0.1) is 23.4 Å². The number of fused-ring (bicyclic) bond motifs is 1. The van der Waals surface area contributed by atoms with Crippen LogP contribution in [0.1, 0.15) is 40.0 Å². The monoisotopic (exact) mass is 393 g/mol. The maximum atomic E-state index is 6.28. The molecule has 0 amide bonds. The molecule has 5 rings (SSSR count). The molecule has 1 aliphatic heterocycles. The molecule has 2 aliphatic rings. The van der Waals surface area contributed by atoms with Crippen molar-refractivity contribution in [2.45, 2.75) is 57.8 Å². The number of aromatic amines is 1. The van der Waals surface area contributed by atoms with E-state index in [1.807, 2.05) is 18.2 Å². The Morgan fingerprint density at radius 2 is 1.97 bits per heavy atom. The molecule has 29 heavy (non-hydrogen) atoms. The largest absolute Gasteiger partial charge is 0.487 e. The molecule has 1 N–H and O–H groups in total. The van der Waals surface area contributed by atoms with Gasteiger partial charge in [0.25, 0.3) is 0 Å². The summed E-state index contributed by atoms with van der Waals surface area (Å²) in [6.07, 6.45) is 5.27. The van der Waals surface area contributed by atoms with Crippen molar-refractivity contribution in [2.75, 3.05) is 18.0 Å². The maximum absolute atomic E-state index is 6.28. The highest BCUT2D eigenvalue weighted by molar-refractivity contribution is 5.93. The van der Waals surface area contributed by atoms with Crippen molar-refractivity contribution in [1.82, 2.24) is 20.2 Å². The minimum Gasteiger partial charge on any atom is -0.487 e. The lowest BCUT2D eigenvalue weighted by Crippen LogP contribution is -2.45. The van der Waals surface area contributed by atoms with E-state index in [-0.39, 0.29) is 17.8 Å². The lowest BCUT2D eigenvalue weighted by molar-refractivity contribution is -0.00546. The quantitative estimate of drug-likeness (QED) is 0.707. The van der Waals surface area contributed by atoms with Gasteiger partial charge in [-0.25, -0.2) is 9.97 Å². The molecule has 1 saturated heterocycles. The van der Waals surface area contributed by atoms with Crippen molar-refractivity contribution >= 4 is 16.7 Å². The average molecular weight is 393 g/mol. The fourth-order valence-corrected chi connectivity index (χ4v) is 4.18. The Kier molecular flexibility index (Phi) is 4.42. The Morgan fingerprint density at radius 3 is 2.69 bits per heavy atom. The van der Waals surface area contributed by atoms with Crippen LogP contribution in [0.15, 0.2) is 30.6 Å². The van der Waals surface area contributed by atoms with Crippen LogP contribution in [-0.4, -0.2) is 51.1 Å². The SMILES string of the molecule is CCC1(Oc2ccc3[nH]nc(-c4cc(N5C[C@@H](C)O[C@@H](C)C5)ncn4)c3c2)CC1. The molecule has 1 aromatic carbocycles. The Balaban J connectivity index is 1.47. The summed E-state index contributed by atoms with van der Waals surface area (Å²) >= 11 is 0. The van der Waals surface area contributed by atoms with Gasteiger partial charge < -0.3 is 14.4 Å². The van der Waals surface area contributed by atoms with Gasteiger partial charge in [-0.15, -0.1) is 0 Å². The Labute approximate surface area is 170 Å². The van der Waals surface area contributed by atoms with Gasteiger partial charge >= 0.3 is 0 Å². The van der Waals surface area contributed by atoms with Crippen molar-refractivity contribution in [3.63, 3.8) is 0 Å². The maximum Gasteiger partial charge on any atom is 0.132 e. The minimum absolute atomic E-state index is 0.0311. The second-order valence-corrected chi connectivity index (χ2v) is 8.34. The predicted molar refractivity (Wildman–Crippen MR) is 112 cm³/mol. The molecular formula is C22H27N5O2. The molecule has 7 nitrogen and oxygen atoms in total. The first kappa shape index (κ1) is 18.4. The van der Waals surface area contributed by atoms with Gasteiger partial charge in [0.2, 0.25) is 0 Å². The molecule has 2 aromatic heterocycles. The third kappa shape index (κ3) is 3.55. The molecule has 1 aliphatic carbocycles. The summed E-state index contributed by atoms with van der Waals surface area (Å²) in [5.74, 6) is 1.80. The van der Waals surface area contributed by atoms with Crippen molar-refractivity contribution in [3.8, 4) is 17.1 Å². The predicted octanol–water partition coefficient (Wildman–Crippen LogP) is 3.95. The van der Waals surface area contributed by atoms with Crippen LogP contribution in [0, 0.1) is 0 Å². The Bertz CT molecular complexity index is 1020. The van der Waals surface area contributed by atoms with Gasteiger partial charge in [-0.1, -0.05) is 6.92 Å². The van der Waals surface area contributed by atoms with E-state index in [0.29, 0.717) is 0 Å². The fraction of sp³-hybridized carbons (Fsp3) is 0.500. The molecule has 2 fully saturated rings. The van der Waals surface area contributed by atoms with Crippen LogP contribution in [0.4, 0.5) is 5.82 Å². The highest BCUT2D eigenvalue weighted by Crippen LogP contribution is 2.43. The first-order valence-electron chi connectivity index (χ1n) is 10.5. The second-order valence-electron chi connectivity index (χ2n) is 8.34. The summed E-state index contributed by atoms with van der Waals surface area (Å²) in [6, 6.07) is 8.13. The molecule has 3 heterocycles. The van der Waals surface area contributed by atoms with Gasteiger partial charge in [-0.3, -0.25) is 5.10 Å². The standard InChI is InChI=1S/C22H27N5O2/c1-4-22(7-8-22)29-16-5-6-18-17(9-16)21(26-25-18)19-10-20(24-13-23-19)27-11-14(2)28-15(3)12-27/h5-6,9-10,13-15H,4,7-8,11-12H2,1-3H3,(H,25,26)/t14-,15+. The first-order valence-corrected chi connectivity index (χ1v) is 10.5. The third-order valence-corrected chi connectivity index (χ3v) is 5.96. The second kappa shape index (κ2) is 6.99. The van der Waals surface area contributed by atoms with E-state index in [1.165, 1.54) is 0 Å². The van der Waals surface area contributed by atoms with Crippen LogP contribution < -0.4 is 9.64 Å². The lowest BCUT2D eigenvalue weighted by Gasteiger charge is -2.36. The van der Waals surface area contributed by atoms with E-state index in [4.69, 9.17) is 9.47 Å². The molecule has 152 valence electrons. The highest BCUT2D eigenvalue weighted by atomic mass is 16.5. The summed E-state index contributed by atoms with van der Waals surface area (Å²) < 4.78 is 12.1. The molecule has 0 spiro atoms. The van der Waals surface area contributed by atoms with Gasteiger partial charge in [0.15, 0.2) is 0 Å². The molecule has 0 bridgehead atoms. The lowest BCUT2D eigenvalue weighted by atomic mass is 10.1. The van der Waals surface area contributed by atoms with Gasteiger partial charge in [0, 0.05) is 24.5 Å². The topological polar surface area (TPSA) is 76.2 Å². The minimum atomic E-state index is 0.0311. The zero-order valence-corrected chi connectivity index (χ0v) is 17.2. The average Bonchev–Trinajstić information content (AvgIpc) is 3.36. The van der Waals surface area contributed by atoms with Crippen molar-refractivity contribution in [1.29, 1.82) is 0 Å². The smallest absolute Gasteiger partial charge is 0.132 e. The number of nitrogens with zero attached hydrogens (tertiary/aromatic N) is 4. The number of hydrogen-bond acceptors (Lipinski definition) is 6. The number of rotatable bonds is 5. The zero-order chi connectivity index (χ0) is 20.0. The van der Waals surface area contributed by atoms with E-state index >= 15 is 0 Å². The van der Waals surface area contributed by atoms with Gasteiger partial charge in [-0.2, -0.15) is 5.10 Å². The van der Waals surface area contributed by atoms with Crippen molar-refractivity contribution < 1.29 is 9.47 Å². The fourth-order valence-electron chi connectivity index (χ4n) is 4.18. The highest BCUT2D eigenvalue weighted by Gasteiger charge is 2.43. The molecule has 7 heteroatoms. The normalized spacial score (nSPS) is 23.3. The zero-order valence-electron chi connectivity index (χ0n) is 17.2.